The van der Waals surface area contributed by atoms with Crippen LogP contribution in [0.5, 0.6) is 0 Å². The van der Waals surface area contributed by atoms with E-state index in [2.05, 4.69) is 20.9 Å². The summed E-state index contributed by atoms with van der Waals surface area (Å²) in [6.45, 7) is 1.40. The van der Waals surface area contributed by atoms with Crippen LogP contribution in [0, 0.1) is 0 Å². The van der Waals surface area contributed by atoms with Crippen molar-refractivity contribution < 1.29 is 34.2 Å². The minimum Gasteiger partial charge on any atom is -0.481 e. The maximum atomic E-state index is 13.0. The van der Waals surface area contributed by atoms with E-state index in [0.717, 1.165) is 0 Å². The Morgan fingerprint density at radius 3 is 2.16 bits per heavy atom. The topological polar surface area (TPSA) is 226 Å². The van der Waals surface area contributed by atoms with Gasteiger partial charge in [0.05, 0.1) is 6.42 Å². The second kappa shape index (κ2) is 14.0. The van der Waals surface area contributed by atoms with Crippen molar-refractivity contribution in [3.63, 3.8) is 0 Å². The van der Waals surface area contributed by atoms with Crippen LogP contribution in [0.25, 0.3) is 11.1 Å². The van der Waals surface area contributed by atoms with Crippen LogP contribution >= 0.6 is 0 Å². The number of hydrogen-bond donors (Lipinski definition) is 7. The number of aliphatic imine (C=N–C) groups is 1. The molecule has 0 aromatic heterocycles. The molecule has 0 unspecified atom stereocenters. The SMILES string of the molecule is CC(=O)N[C@@H](CC(=O)O)C(=O)Nc1ccc(-c2ccccc2C(=O)N[C@@H](CCCN=C(N)N)C(=O)O)cc1. The van der Waals surface area contributed by atoms with Crippen molar-refractivity contribution in [3.05, 3.63) is 54.1 Å². The lowest BCUT2D eigenvalue weighted by Crippen LogP contribution is -2.44. The van der Waals surface area contributed by atoms with Crippen molar-refractivity contribution in [1.29, 1.82) is 0 Å². The molecule has 2 aromatic rings. The van der Waals surface area contributed by atoms with E-state index in [-0.39, 0.29) is 24.5 Å². The minimum absolute atomic E-state index is 0.103. The normalized spacial score (nSPS) is 11.9. The van der Waals surface area contributed by atoms with Crippen molar-refractivity contribution in [3.8, 4) is 11.1 Å². The molecular weight excluding hydrogens is 496 g/mol. The molecule has 0 radical (unpaired) electrons. The highest BCUT2D eigenvalue weighted by Crippen LogP contribution is 2.25. The Kier molecular flexibility index (Phi) is 10.8. The van der Waals surface area contributed by atoms with E-state index in [1.165, 1.54) is 6.92 Å². The van der Waals surface area contributed by atoms with Crippen molar-refractivity contribution in [2.45, 2.75) is 38.3 Å². The summed E-state index contributed by atoms with van der Waals surface area (Å²) in [5.41, 5.74) is 12.2. The molecule has 0 fully saturated rings. The van der Waals surface area contributed by atoms with Gasteiger partial charge in [-0.1, -0.05) is 30.3 Å². The van der Waals surface area contributed by atoms with E-state index in [1.807, 2.05) is 0 Å². The molecule has 0 aliphatic carbocycles. The fourth-order valence-corrected chi connectivity index (χ4v) is 3.52. The van der Waals surface area contributed by atoms with Crippen LogP contribution in [0.4, 0.5) is 5.69 Å². The molecule has 0 spiro atoms. The van der Waals surface area contributed by atoms with Crippen LogP contribution in [-0.2, 0) is 19.2 Å². The van der Waals surface area contributed by atoms with E-state index in [0.29, 0.717) is 23.2 Å². The first kappa shape index (κ1) is 29.3. The maximum Gasteiger partial charge on any atom is 0.326 e. The number of carbonyl (C=O) groups is 5. The predicted molar refractivity (Wildman–Crippen MR) is 139 cm³/mol. The summed E-state index contributed by atoms with van der Waals surface area (Å²) < 4.78 is 0. The number of nitrogens with zero attached hydrogens (tertiary/aromatic N) is 1. The van der Waals surface area contributed by atoms with Crippen LogP contribution in [0.3, 0.4) is 0 Å². The number of benzene rings is 2. The van der Waals surface area contributed by atoms with Crippen molar-refractivity contribution in [2.75, 3.05) is 11.9 Å². The fraction of sp³-hybridized carbons (Fsp3) is 0.280. The highest BCUT2D eigenvalue weighted by Gasteiger charge is 2.24. The first-order chi connectivity index (χ1) is 18.0. The van der Waals surface area contributed by atoms with Crippen molar-refractivity contribution >= 4 is 41.3 Å². The van der Waals surface area contributed by atoms with Gasteiger partial charge in [-0.15, -0.1) is 0 Å². The van der Waals surface area contributed by atoms with Crippen LogP contribution in [0.2, 0.25) is 0 Å². The number of anilines is 1. The lowest BCUT2D eigenvalue weighted by molar-refractivity contribution is -0.140. The van der Waals surface area contributed by atoms with Crippen LogP contribution in [0.1, 0.15) is 36.5 Å². The standard InChI is InChI=1S/C25H30N6O7/c1-14(32)29-20(13-21(33)34)23(36)30-16-10-8-15(9-11-16)17-5-2-3-6-18(17)22(35)31-19(24(37)38)7-4-12-28-25(26)27/h2-3,5-6,8-11,19-20H,4,7,12-13H2,1H3,(H,29,32)(H,30,36)(H,31,35)(H,33,34)(H,37,38)(H4,26,27,28)/t19-,20-/m0/s1. The average molecular weight is 527 g/mol. The molecule has 2 rings (SSSR count). The molecule has 0 heterocycles. The lowest BCUT2D eigenvalue weighted by Gasteiger charge is -2.17. The zero-order chi connectivity index (χ0) is 28.2. The number of carboxylic acids is 2. The Hall–Kier alpha value is -4.94. The van der Waals surface area contributed by atoms with E-state index in [9.17, 15) is 29.1 Å². The van der Waals surface area contributed by atoms with Gasteiger partial charge in [-0.2, -0.15) is 0 Å². The Morgan fingerprint density at radius 2 is 1.58 bits per heavy atom. The summed E-state index contributed by atoms with van der Waals surface area (Å²) in [5, 5.41) is 25.9. The fourth-order valence-electron chi connectivity index (χ4n) is 3.52. The van der Waals surface area contributed by atoms with Gasteiger partial charge in [0.15, 0.2) is 5.96 Å². The van der Waals surface area contributed by atoms with Gasteiger partial charge in [-0.3, -0.25) is 24.2 Å². The number of nitrogens with two attached hydrogens (primary N) is 2. The third kappa shape index (κ3) is 9.26. The van der Waals surface area contributed by atoms with Gasteiger partial charge >= 0.3 is 11.9 Å². The monoisotopic (exact) mass is 526 g/mol. The Bertz CT molecular complexity index is 1190. The molecule has 2 atom stereocenters. The first-order valence-electron chi connectivity index (χ1n) is 11.6. The zero-order valence-corrected chi connectivity index (χ0v) is 20.6. The number of rotatable bonds is 13. The summed E-state index contributed by atoms with van der Waals surface area (Å²) >= 11 is 0. The van der Waals surface area contributed by atoms with E-state index in [1.54, 1.807) is 48.5 Å². The van der Waals surface area contributed by atoms with Gasteiger partial charge in [-0.25, -0.2) is 4.79 Å². The molecule has 0 bridgehead atoms. The number of carbonyl (C=O) groups excluding carboxylic acids is 3. The van der Waals surface area contributed by atoms with Gasteiger partial charge in [0, 0.05) is 24.7 Å². The minimum atomic E-state index is -1.25. The summed E-state index contributed by atoms with van der Waals surface area (Å²) in [6.07, 6.45) is -0.118. The molecule has 0 aliphatic rings. The second-order valence-corrected chi connectivity index (χ2v) is 8.28. The number of amides is 3. The molecule has 2 aromatic carbocycles. The molecule has 3 amide bonds. The van der Waals surface area contributed by atoms with E-state index >= 15 is 0 Å². The largest absolute Gasteiger partial charge is 0.481 e. The van der Waals surface area contributed by atoms with Crippen LogP contribution in [-0.4, -0.2) is 64.5 Å². The summed E-state index contributed by atoms with van der Waals surface area (Å²) in [7, 11) is 0. The molecule has 202 valence electrons. The second-order valence-electron chi connectivity index (χ2n) is 8.28. The highest BCUT2D eigenvalue weighted by molar-refractivity contribution is 6.03. The Balaban J connectivity index is 2.16. The van der Waals surface area contributed by atoms with E-state index in [4.69, 9.17) is 16.6 Å². The highest BCUT2D eigenvalue weighted by atomic mass is 16.4. The Labute approximate surface area is 218 Å². The molecule has 0 saturated carbocycles. The van der Waals surface area contributed by atoms with E-state index < -0.39 is 48.2 Å². The van der Waals surface area contributed by atoms with Gasteiger partial charge < -0.3 is 37.6 Å². The smallest absolute Gasteiger partial charge is 0.326 e. The third-order valence-corrected chi connectivity index (χ3v) is 5.26. The number of aliphatic carboxylic acids is 2. The number of carboxylic acid groups (broad SMARTS) is 2. The predicted octanol–water partition coefficient (Wildman–Crippen LogP) is 0.508. The average Bonchev–Trinajstić information content (AvgIpc) is 2.85. The Morgan fingerprint density at radius 1 is 0.921 bits per heavy atom. The molecule has 0 aliphatic heterocycles. The van der Waals surface area contributed by atoms with Gasteiger partial charge in [0.25, 0.3) is 5.91 Å². The summed E-state index contributed by atoms with van der Waals surface area (Å²) in [5.74, 6) is -4.37. The number of guanidine groups is 1. The van der Waals surface area contributed by atoms with Crippen LogP contribution in [0.15, 0.2) is 53.5 Å². The lowest BCUT2D eigenvalue weighted by atomic mass is 9.98. The first-order valence-corrected chi connectivity index (χ1v) is 11.6. The molecule has 13 nitrogen and oxygen atoms in total. The molecular formula is C25H30N6O7. The van der Waals surface area contributed by atoms with Crippen LogP contribution < -0.4 is 27.4 Å². The van der Waals surface area contributed by atoms with Gasteiger partial charge in [0.2, 0.25) is 11.8 Å². The number of nitrogens with one attached hydrogen (secondary N) is 3. The molecule has 13 heteroatoms. The molecule has 38 heavy (non-hydrogen) atoms. The van der Waals surface area contributed by atoms with Gasteiger partial charge in [-0.05, 0) is 42.2 Å². The zero-order valence-electron chi connectivity index (χ0n) is 20.6. The third-order valence-electron chi connectivity index (χ3n) is 5.26. The van der Waals surface area contributed by atoms with Crippen molar-refractivity contribution in [2.24, 2.45) is 16.5 Å². The van der Waals surface area contributed by atoms with Crippen molar-refractivity contribution in [1.82, 2.24) is 10.6 Å². The quantitative estimate of drug-likeness (QED) is 0.109. The maximum absolute atomic E-state index is 13.0. The summed E-state index contributed by atoms with van der Waals surface area (Å²) in [6, 6.07) is 10.6. The molecule has 0 saturated heterocycles. The molecule has 9 N–H and O–H groups in total. The number of hydrogen-bond acceptors (Lipinski definition) is 6. The summed E-state index contributed by atoms with van der Waals surface area (Å²) in [4.78, 5) is 63.2. The van der Waals surface area contributed by atoms with Gasteiger partial charge in [0.1, 0.15) is 12.1 Å².